The largest absolute Gasteiger partial charge is 0.303 e. The molecule has 0 amide bonds. The summed E-state index contributed by atoms with van der Waals surface area (Å²) in [5.74, 6) is 0.135. The van der Waals surface area contributed by atoms with Crippen LogP contribution in [0.2, 0.25) is 0 Å². The molecule has 0 saturated carbocycles. The number of rotatable bonds is 4. The maximum atomic E-state index is 11.2. The third-order valence-electron chi connectivity index (χ3n) is 2.33. The highest BCUT2D eigenvalue weighted by atomic mass is 32.2. The van der Waals surface area contributed by atoms with Gasteiger partial charge in [0.05, 0.1) is 4.90 Å². The van der Waals surface area contributed by atoms with Crippen molar-refractivity contribution in [2.24, 2.45) is 0 Å². The van der Waals surface area contributed by atoms with Crippen molar-refractivity contribution in [1.82, 2.24) is 0 Å². The van der Waals surface area contributed by atoms with E-state index in [9.17, 15) is 13.2 Å². The van der Waals surface area contributed by atoms with Gasteiger partial charge in [-0.2, -0.15) is 0 Å². The predicted octanol–water partition coefficient (Wildman–Crippen LogP) is 1.78. The Morgan fingerprint density at radius 1 is 1.27 bits per heavy atom. The van der Waals surface area contributed by atoms with E-state index in [1.165, 1.54) is 6.26 Å². The lowest BCUT2D eigenvalue weighted by Crippen LogP contribution is -1.99. The zero-order valence-electron chi connectivity index (χ0n) is 8.80. The summed E-state index contributed by atoms with van der Waals surface area (Å²) in [4.78, 5) is 10.6. The van der Waals surface area contributed by atoms with Crippen molar-refractivity contribution in [2.75, 3.05) is 6.26 Å². The summed E-state index contributed by atoms with van der Waals surface area (Å²) >= 11 is 0. The van der Waals surface area contributed by atoms with Gasteiger partial charge in [0.15, 0.2) is 9.84 Å². The molecule has 0 saturated heterocycles. The van der Waals surface area contributed by atoms with Gasteiger partial charge >= 0.3 is 0 Å². The Labute approximate surface area is 90.0 Å². The van der Waals surface area contributed by atoms with E-state index in [4.69, 9.17) is 0 Å². The molecule has 1 rings (SSSR count). The molecule has 0 aromatic heterocycles. The van der Waals surface area contributed by atoms with Crippen molar-refractivity contribution >= 4 is 16.1 Å². The topological polar surface area (TPSA) is 51.2 Å². The van der Waals surface area contributed by atoms with Gasteiger partial charge < -0.3 is 4.79 Å². The molecule has 0 fully saturated rings. The molecule has 0 aliphatic carbocycles. The van der Waals surface area contributed by atoms with Gasteiger partial charge in [-0.3, -0.25) is 0 Å². The number of carbonyl (C=O) groups is 1. The number of benzene rings is 1. The van der Waals surface area contributed by atoms with Crippen LogP contribution in [-0.2, 0) is 14.6 Å². The van der Waals surface area contributed by atoms with Crippen LogP contribution >= 0.6 is 0 Å². The van der Waals surface area contributed by atoms with Crippen LogP contribution in [0, 0.1) is 0 Å². The Morgan fingerprint density at radius 2 is 1.80 bits per heavy atom. The highest BCUT2D eigenvalue weighted by molar-refractivity contribution is 7.90. The van der Waals surface area contributed by atoms with Crippen molar-refractivity contribution in [3.8, 4) is 0 Å². The molecule has 15 heavy (non-hydrogen) atoms. The Balaban J connectivity index is 2.95. The molecule has 1 aromatic carbocycles. The first-order valence-corrected chi connectivity index (χ1v) is 6.58. The quantitative estimate of drug-likeness (QED) is 0.735. The third-order valence-corrected chi connectivity index (χ3v) is 3.46. The first-order valence-electron chi connectivity index (χ1n) is 4.69. The molecule has 1 aromatic rings. The molecular formula is C11H14O3S. The summed E-state index contributed by atoms with van der Waals surface area (Å²) in [6.07, 6.45) is 2.50. The van der Waals surface area contributed by atoms with E-state index in [1.54, 1.807) is 24.3 Å². The fraction of sp³-hybridized carbons (Fsp3) is 0.364. The van der Waals surface area contributed by atoms with Crippen LogP contribution in [-0.4, -0.2) is 21.0 Å². The summed E-state index contributed by atoms with van der Waals surface area (Å²) in [6.45, 7) is 1.93. The van der Waals surface area contributed by atoms with Crippen LogP contribution < -0.4 is 0 Å². The highest BCUT2D eigenvalue weighted by Crippen LogP contribution is 2.19. The maximum absolute atomic E-state index is 11.2. The van der Waals surface area contributed by atoms with Crippen LogP contribution in [0.25, 0.3) is 0 Å². The summed E-state index contributed by atoms with van der Waals surface area (Å²) in [6, 6.07) is 6.66. The van der Waals surface area contributed by atoms with Crippen LogP contribution in [0.1, 0.15) is 24.8 Å². The van der Waals surface area contributed by atoms with Crippen molar-refractivity contribution in [3.63, 3.8) is 0 Å². The standard InChI is InChI=1S/C11H14O3S/c1-9(7-8-12)10-3-5-11(6-4-10)15(2,13)14/h3-6,8-9H,7H2,1-2H3. The van der Waals surface area contributed by atoms with E-state index in [-0.39, 0.29) is 5.92 Å². The van der Waals surface area contributed by atoms with Crippen molar-refractivity contribution < 1.29 is 13.2 Å². The van der Waals surface area contributed by atoms with Crippen LogP contribution in [0.15, 0.2) is 29.2 Å². The molecule has 0 N–H and O–H groups in total. The van der Waals surface area contributed by atoms with E-state index < -0.39 is 9.84 Å². The Morgan fingerprint density at radius 3 is 2.20 bits per heavy atom. The van der Waals surface area contributed by atoms with E-state index in [1.807, 2.05) is 6.92 Å². The van der Waals surface area contributed by atoms with Crippen molar-refractivity contribution in [2.45, 2.75) is 24.2 Å². The fourth-order valence-corrected chi connectivity index (χ4v) is 1.95. The first kappa shape index (κ1) is 11.9. The number of sulfone groups is 1. The fourth-order valence-electron chi connectivity index (χ4n) is 1.32. The van der Waals surface area contributed by atoms with Gasteiger partial charge in [-0.25, -0.2) is 8.42 Å². The SMILES string of the molecule is CC(CC=O)c1ccc(S(C)(=O)=O)cc1. The lowest BCUT2D eigenvalue weighted by molar-refractivity contribution is -0.108. The van der Waals surface area contributed by atoms with Gasteiger partial charge in [-0.05, 0) is 23.6 Å². The second-order valence-corrected chi connectivity index (χ2v) is 5.66. The smallest absolute Gasteiger partial charge is 0.175 e. The van der Waals surface area contributed by atoms with E-state index in [0.717, 1.165) is 11.8 Å². The van der Waals surface area contributed by atoms with Crippen LogP contribution in [0.5, 0.6) is 0 Å². The molecular weight excluding hydrogens is 212 g/mol. The van der Waals surface area contributed by atoms with Crippen LogP contribution in [0.4, 0.5) is 0 Å². The Bertz CT molecular complexity index is 431. The monoisotopic (exact) mass is 226 g/mol. The average Bonchev–Trinajstić information content (AvgIpc) is 2.17. The lowest BCUT2D eigenvalue weighted by Gasteiger charge is -2.08. The molecule has 1 unspecified atom stereocenters. The number of aldehydes is 1. The van der Waals surface area contributed by atoms with Gasteiger partial charge in [0.25, 0.3) is 0 Å². The summed E-state index contributed by atoms with van der Waals surface area (Å²) < 4.78 is 22.4. The number of carbonyl (C=O) groups excluding carboxylic acids is 1. The molecule has 3 nitrogen and oxygen atoms in total. The zero-order valence-corrected chi connectivity index (χ0v) is 9.62. The maximum Gasteiger partial charge on any atom is 0.175 e. The Kier molecular flexibility index (Phi) is 3.63. The molecule has 82 valence electrons. The normalized spacial score (nSPS) is 13.5. The molecule has 0 radical (unpaired) electrons. The minimum atomic E-state index is -3.13. The molecule has 0 bridgehead atoms. The second kappa shape index (κ2) is 4.57. The van der Waals surface area contributed by atoms with Gasteiger partial charge in [-0.15, -0.1) is 0 Å². The first-order chi connectivity index (χ1) is 6.95. The minimum absolute atomic E-state index is 0.135. The second-order valence-electron chi connectivity index (χ2n) is 3.64. The highest BCUT2D eigenvalue weighted by Gasteiger charge is 2.08. The lowest BCUT2D eigenvalue weighted by atomic mass is 9.99. The van der Waals surface area contributed by atoms with E-state index in [0.29, 0.717) is 11.3 Å². The predicted molar refractivity (Wildman–Crippen MR) is 58.6 cm³/mol. The molecule has 0 heterocycles. The van der Waals surface area contributed by atoms with Gasteiger partial charge in [0, 0.05) is 12.7 Å². The molecule has 0 aliphatic rings. The van der Waals surface area contributed by atoms with E-state index >= 15 is 0 Å². The van der Waals surface area contributed by atoms with Crippen molar-refractivity contribution in [3.05, 3.63) is 29.8 Å². The molecule has 0 aliphatic heterocycles. The Hall–Kier alpha value is -1.16. The number of hydrogen-bond acceptors (Lipinski definition) is 3. The molecule has 1 atom stereocenters. The molecule has 0 spiro atoms. The third kappa shape index (κ3) is 3.16. The summed E-state index contributed by atoms with van der Waals surface area (Å²) in [5, 5.41) is 0. The van der Waals surface area contributed by atoms with Gasteiger partial charge in [-0.1, -0.05) is 19.1 Å². The number of hydrogen-bond donors (Lipinski definition) is 0. The summed E-state index contributed by atoms with van der Waals surface area (Å²) in [7, 11) is -3.13. The molecule has 4 heteroatoms. The van der Waals surface area contributed by atoms with Crippen molar-refractivity contribution in [1.29, 1.82) is 0 Å². The zero-order chi connectivity index (χ0) is 11.5. The summed E-state index contributed by atoms with van der Waals surface area (Å²) in [5.41, 5.74) is 0.981. The van der Waals surface area contributed by atoms with Crippen LogP contribution in [0.3, 0.4) is 0 Å². The van der Waals surface area contributed by atoms with Gasteiger partial charge in [0.1, 0.15) is 6.29 Å². The van der Waals surface area contributed by atoms with E-state index in [2.05, 4.69) is 0 Å². The van der Waals surface area contributed by atoms with Gasteiger partial charge in [0.2, 0.25) is 0 Å². The average molecular weight is 226 g/mol. The minimum Gasteiger partial charge on any atom is -0.303 e.